The van der Waals surface area contributed by atoms with E-state index in [0.29, 0.717) is 0 Å². The summed E-state index contributed by atoms with van der Waals surface area (Å²) in [7, 11) is 0. The van der Waals surface area contributed by atoms with Gasteiger partial charge in [0, 0.05) is 0 Å². The Bertz CT molecular complexity index is 67.4. The second-order valence-electron chi connectivity index (χ2n) is 1.13. The van der Waals surface area contributed by atoms with Gasteiger partial charge in [-0.25, -0.2) is 5.11 Å². The molecule has 1 unspecified atom stereocenters. The van der Waals surface area contributed by atoms with E-state index in [2.05, 4.69) is 4.74 Å². The first-order chi connectivity index (χ1) is 3.42. The van der Waals surface area contributed by atoms with E-state index in [1.54, 1.807) is 0 Å². The Hall–Kier alpha value is -0.290. The molecule has 0 heterocycles. The number of halogens is 3. The minimum absolute atomic E-state index is 0.771. The van der Waals surface area contributed by atoms with Gasteiger partial charge in [-0.1, -0.05) is 0 Å². The minimum atomic E-state index is -4.79. The summed E-state index contributed by atoms with van der Waals surface area (Å²) in [4.78, 5) is 0. The second-order valence-corrected chi connectivity index (χ2v) is 1.13. The predicted octanol–water partition coefficient (Wildman–Crippen LogP) is 1.30. The second kappa shape index (κ2) is 2.32. The Morgan fingerprint density at radius 1 is 1.50 bits per heavy atom. The first kappa shape index (κ1) is 7.71. The van der Waals surface area contributed by atoms with E-state index in [0.717, 1.165) is 6.92 Å². The number of ether oxygens (including phenoxy) is 1. The van der Waals surface area contributed by atoms with E-state index in [-0.39, 0.29) is 0 Å². The minimum Gasteiger partial charge on any atom is -0.259 e. The summed E-state index contributed by atoms with van der Waals surface area (Å²) in [5.41, 5.74) is 0. The van der Waals surface area contributed by atoms with Gasteiger partial charge in [0.1, 0.15) is 0 Å². The standard InChI is InChI=1S/C3H4F3O2/c1-2(7)8-3(4,5)6/h2H,1H3. The first-order valence-corrected chi connectivity index (χ1v) is 1.82. The number of rotatable bonds is 1. The molecule has 0 rings (SSSR count). The molecule has 0 aromatic rings. The van der Waals surface area contributed by atoms with Gasteiger partial charge in [-0.15, -0.1) is 13.2 Å². The molecule has 0 aromatic carbocycles. The zero-order valence-electron chi connectivity index (χ0n) is 4.03. The van der Waals surface area contributed by atoms with Gasteiger partial charge >= 0.3 is 6.36 Å². The molecule has 0 spiro atoms. The van der Waals surface area contributed by atoms with Crippen LogP contribution >= 0.6 is 0 Å². The Morgan fingerprint density at radius 3 is 1.88 bits per heavy atom. The lowest BCUT2D eigenvalue weighted by Gasteiger charge is -2.06. The fraction of sp³-hybridized carbons (Fsp3) is 1.00. The third kappa shape index (κ3) is 5.71. The van der Waals surface area contributed by atoms with Crippen LogP contribution in [0.3, 0.4) is 0 Å². The zero-order valence-corrected chi connectivity index (χ0v) is 4.03. The van der Waals surface area contributed by atoms with E-state index in [1.807, 2.05) is 0 Å². The van der Waals surface area contributed by atoms with Crippen LogP contribution in [0.25, 0.3) is 0 Å². The summed E-state index contributed by atoms with van der Waals surface area (Å²) in [6.45, 7) is 0.771. The van der Waals surface area contributed by atoms with Crippen LogP contribution in [-0.2, 0) is 9.84 Å². The van der Waals surface area contributed by atoms with Gasteiger partial charge < -0.3 is 0 Å². The Kier molecular flexibility index (Phi) is 2.24. The molecule has 0 saturated carbocycles. The Balaban J connectivity index is 3.39. The van der Waals surface area contributed by atoms with Crippen molar-refractivity contribution in [1.82, 2.24) is 0 Å². The van der Waals surface area contributed by atoms with Crippen molar-refractivity contribution in [2.75, 3.05) is 0 Å². The monoisotopic (exact) mass is 129 g/mol. The third-order valence-corrected chi connectivity index (χ3v) is 0.300. The lowest BCUT2D eigenvalue weighted by atomic mass is 10.8. The van der Waals surface area contributed by atoms with Gasteiger partial charge in [-0.3, -0.25) is 4.74 Å². The smallest absolute Gasteiger partial charge is 0.259 e. The average Bonchev–Trinajstić information content (AvgIpc) is 1.21. The topological polar surface area (TPSA) is 29.1 Å². The van der Waals surface area contributed by atoms with Gasteiger partial charge in [0.05, 0.1) is 0 Å². The lowest BCUT2D eigenvalue weighted by molar-refractivity contribution is -0.377. The van der Waals surface area contributed by atoms with E-state index in [1.165, 1.54) is 0 Å². The van der Waals surface area contributed by atoms with Crippen molar-refractivity contribution in [3.63, 3.8) is 0 Å². The highest BCUT2D eigenvalue weighted by atomic mass is 19.4. The molecular formula is C3H4F3O2. The van der Waals surface area contributed by atoms with Crippen molar-refractivity contribution in [1.29, 1.82) is 0 Å². The van der Waals surface area contributed by atoms with E-state index in [4.69, 9.17) is 0 Å². The van der Waals surface area contributed by atoms with Crippen LogP contribution < -0.4 is 0 Å². The number of alkyl halides is 3. The van der Waals surface area contributed by atoms with Crippen LogP contribution in [0.5, 0.6) is 0 Å². The van der Waals surface area contributed by atoms with Crippen LogP contribution in [0.4, 0.5) is 13.2 Å². The molecule has 8 heavy (non-hydrogen) atoms. The molecule has 0 N–H and O–H groups in total. The van der Waals surface area contributed by atoms with E-state index < -0.39 is 12.7 Å². The third-order valence-electron chi connectivity index (χ3n) is 0.300. The summed E-state index contributed by atoms with van der Waals surface area (Å²) >= 11 is 0. The maximum atomic E-state index is 10.9. The maximum Gasteiger partial charge on any atom is 0.524 e. The molecule has 1 radical (unpaired) electrons. The van der Waals surface area contributed by atoms with Gasteiger partial charge in [-0.05, 0) is 6.92 Å². The molecule has 0 fully saturated rings. The van der Waals surface area contributed by atoms with Gasteiger partial charge in [0.15, 0.2) is 6.29 Å². The van der Waals surface area contributed by atoms with Crippen molar-refractivity contribution < 1.29 is 23.0 Å². The number of hydrogen-bond acceptors (Lipinski definition) is 1. The highest BCUT2D eigenvalue weighted by Crippen LogP contribution is 2.17. The molecule has 0 aliphatic rings. The summed E-state index contributed by atoms with van der Waals surface area (Å²) < 4.78 is 35.5. The molecule has 1 atom stereocenters. The molecule has 0 aliphatic heterocycles. The molecule has 0 amide bonds. The molecule has 0 bridgehead atoms. The van der Waals surface area contributed by atoms with Crippen LogP contribution in [-0.4, -0.2) is 12.7 Å². The van der Waals surface area contributed by atoms with Gasteiger partial charge in [0.25, 0.3) is 0 Å². The molecule has 5 heteroatoms. The molecule has 0 aliphatic carbocycles. The van der Waals surface area contributed by atoms with E-state index >= 15 is 0 Å². The van der Waals surface area contributed by atoms with Crippen LogP contribution in [0, 0.1) is 0 Å². The highest BCUT2D eigenvalue weighted by Gasteiger charge is 2.31. The normalized spacial score (nSPS) is 16.1. The van der Waals surface area contributed by atoms with Crippen molar-refractivity contribution in [3.05, 3.63) is 0 Å². The Morgan fingerprint density at radius 2 is 1.88 bits per heavy atom. The molecule has 0 saturated heterocycles. The van der Waals surface area contributed by atoms with Gasteiger partial charge in [-0.2, -0.15) is 0 Å². The number of hydrogen-bond donors (Lipinski definition) is 0. The average molecular weight is 129 g/mol. The largest absolute Gasteiger partial charge is 0.524 e. The first-order valence-electron chi connectivity index (χ1n) is 1.82. The summed E-state index contributed by atoms with van der Waals surface area (Å²) in [5, 5.41) is 9.60. The van der Waals surface area contributed by atoms with Crippen LogP contribution in [0.15, 0.2) is 0 Å². The van der Waals surface area contributed by atoms with Gasteiger partial charge in [0.2, 0.25) is 0 Å². The lowest BCUT2D eigenvalue weighted by Crippen LogP contribution is -2.19. The molecule has 0 aromatic heterocycles. The van der Waals surface area contributed by atoms with E-state index in [9.17, 15) is 18.3 Å². The SMILES string of the molecule is CC([O])OC(F)(F)F. The van der Waals surface area contributed by atoms with Crippen molar-refractivity contribution in [3.8, 4) is 0 Å². The van der Waals surface area contributed by atoms with Crippen LogP contribution in [0.1, 0.15) is 6.92 Å². The molecule has 49 valence electrons. The van der Waals surface area contributed by atoms with Crippen molar-refractivity contribution in [2.45, 2.75) is 19.6 Å². The summed E-state index contributed by atoms with van der Waals surface area (Å²) in [6.07, 6.45) is -6.82. The molecular weight excluding hydrogens is 125 g/mol. The zero-order chi connectivity index (χ0) is 6.78. The summed E-state index contributed by atoms with van der Waals surface area (Å²) in [5.74, 6) is 0. The summed E-state index contributed by atoms with van der Waals surface area (Å²) in [6, 6.07) is 0. The predicted molar refractivity (Wildman–Crippen MR) is 17.3 cm³/mol. The van der Waals surface area contributed by atoms with Crippen molar-refractivity contribution >= 4 is 0 Å². The maximum absolute atomic E-state index is 10.9. The molecule has 2 nitrogen and oxygen atoms in total. The highest BCUT2D eigenvalue weighted by molar-refractivity contribution is 4.27. The fourth-order valence-corrected chi connectivity index (χ4v) is 0.188. The quantitative estimate of drug-likeness (QED) is 0.490. The van der Waals surface area contributed by atoms with Crippen LogP contribution in [0.2, 0.25) is 0 Å². The van der Waals surface area contributed by atoms with Crippen molar-refractivity contribution in [2.24, 2.45) is 0 Å². The fourth-order valence-electron chi connectivity index (χ4n) is 0.188. The Labute approximate surface area is 43.9 Å².